The van der Waals surface area contributed by atoms with Crippen LogP contribution in [0.15, 0.2) is 83.8 Å². The van der Waals surface area contributed by atoms with Gasteiger partial charge in [0.2, 0.25) is 5.91 Å². The molecule has 0 radical (unpaired) electrons. The lowest BCUT2D eigenvalue weighted by Gasteiger charge is -2.26. The van der Waals surface area contributed by atoms with E-state index in [-0.39, 0.29) is 22.5 Å². The smallest absolute Gasteiger partial charge is 0.264 e. The molecule has 1 atom stereocenters. The lowest BCUT2D eigenvalue weighted by Crippen LogP contribution is -2.39. The zero-order chi connectivity index (χ0) is 26.1. The summed E-state index contributed by atoms with van der Waals surface area (Å²) in [4.78, 5) is 26.0. The molecule has 0 fully saturated rings. The molecule has 3 rings (SSSR count). The Bertz CT molecular complexity index is 1300. The maximum Gasteiger partial charge on any atom is 0.264 e. The number of amides is 2. The van der Waals surface area contributed by atoms with Crippen LogP contribution in [-0.2, 0) is 14.8 Å². The Labute approximate surface area is 212 Å². The number of rotatable bonds is 11. The van der Waals surface area contributed by atoms with E-state index in [1.54, 1.807) is 73.7 Å². The van der Waals surface area contributed by atoms with Crippen LogP contribution in [0.2, 0.25) is 0 Å². The molecule has 3 aromatic carbocycles. The molecule has 0 aliphatic carbocycles. The number of carbonyl (C=O) groups is 2. The molecule has 190 valence electrons. The van der Waals surface area contributed by atoms with E-state index in [0.29, 0.717) is 23.6 Å². The van der Waals surface area contributed by atoms with Crippen LogP contribution >= 0.6 is 0 Å². The standard InChI is InChI=1S/C27H31N3O5S/c1-4-20(3)28-27(32)22-15-9-10-16-23(22)29-26(31)19-30(24-17-11-12-18-25(24)35-5-2)36(33,34)21-13-7-6-8-14-21/h6-18,20H,4-5,19H2,1-3H3,(H,28,32)(H,29,31)/t20-/m1/s1. The Hall–Kier alpha value is -3.85. The largest absolute Gasteiger partial charge is 0.492 e. The predicted molar refractivity (Wildman–Crippen MR) is 141 cm³/mol. The van der Waals surface area contributed by atoms with Gasteiger partial charge < -0.3 is 15.4 Å². The molecule has 2 amide bonds. The molecule has 0 saturated heterocycles. The highest BCUT2D eigenvalue weighted by Crippen LogP contribution is 2.32. The molecule has 8 nitrogen and oxygen atoms in total. The number of ether oxygens (including phenoxy) is 1. The summed E-state index contributed by atoms with van der Waals surface area (Å²) < 4.78 is 33.9. The number of carbonyl (C=O) groups excluding carboxylic acids is 2. The molecule has 3 aromatic rings. The quantitative estimate of drug-likeness (QED) is 0.397. The van der Waals surface area contributed by atoms with Crippen molar-refractivity contribution in [3.05, 3.63) is 84.4 Å². The average molecular weight is 510 g/mol. The van der Waals surface area contributed by atoms with Crippen molar-refractivity contribution in [2.45, 2.75) is 38.1 Å². The fourth-order valence-electron chi connectivity index (χ4n) is 3.47. The first-order valence-electron chi connectivity index (χ1n) is 11.8. The molecule has 0 aliphatic heterocycles. The number of benzene rings is 3. The van der Waals surface area contributed by atoms with E-state index in [0.717, 1.165) is 10.7 Å². The second-order valence-electron chi connectivity index (χ2n) is 8.10. The highest BCUT2D eigenvalue weighted by atomic mass is 32.2. The summed E-state index contributed by atoms with van der Waals surface area (Å²) in [6.07, 6.45) is 0.756. The number of hydrogen-bond donors (Lipinski definition) is 2. The molecule has 9 heteroatoms. The summed E-state index contributed by atoms with van der Waals surface area (Å²) in [7, 11) is -4.11. The van der Waals surface area contributed by atoms with Crippen LogP contribution in [0.25, 0.3) is 0 Å². The first-order valence-corrected chi connectivity index (χ1v) is 13.2. The summed E-state index contributed by atoms with van der Waals surface area (Å²) in [6.45, 7) is 5.44. The Kier molecular flexibility index (Phi) is 9.08. The van der Waals surface area contributed by atoms with Gasteiger partial charge in [-0.2, -0.15) is 0 Å². The van der Waals surface area contributed by atoms with Crippen molar-refractivity contribution in [3.63, 3.8) is 0 Å². The third-order valence-electron chi connectivity index (χ3n) is 5.49. The summed E-state index contributed by atoms with van der Waals surface area (Å²) >= 11 is 0. The van der Waals surface area contributed by atoms with Gasteiger partial charge in [0.1, 0.15) is 12.3 Å². The highest BCUT2D eigenvalue weighted by Gasteiger charge is 2.29. The van der Waals surface area contributed by atoms with Gasteiger partial charge in [-0.05, 0) is 56.7 Å². The zero-order valence-corrected chi connectivity index (χ0v) is 21.4. The van der Waals surface area contributed by atoms with Gasteiger partial charge in [-0.15, -0.1) is 0 Å². The van der Waals surface area contributed by atoms with Crippen LogP contribution in [0.1, 0.15) is 37.6 Å². The average Bonchev–Trinajstić information content (AvgIpc) is 2.88. The van der Waals surface area contributed by atoms with Gasteiger partial charge in [0.15, 0.2) is 0 Å². The van der Waals surface area contributed by atoms with Crippen LogP contribution in [0, 0.1) is 0 Å². The van der Waals surface area contributed by atoms with Gasteiger partial charge >= 0.3 is 0 Å². The van der Waals surface area contributed by atoms with Crippen molar-refractivity contribution in [2.24, 2.45) is 0 Å². The fourth-order valence-corrected chi connectivity index (χ4v) is 4.93. The van der Waals surface area contributed by atoms with E-state index in [1.807, 2.05) is 13.8 Å². The molecule has 0 aromatic heterocycles. The van der Waals surface area contributed by atoms with Gasteiger partial charge in [0.05, 0.1) is 28.4 Å². The van der Waals surface area contributed by atoms with Crippen LogP contribution in [0.5, 0.6) is 5.75 Å². The topological polar surface area (TPSA) is 105 Å². The molecular weight excluding hydrogens is 478 g/mol. The van der Waals surface area contributed by atoms with Crippen molar-refractivity contribution in [1.29, 1.82) is 0 Å². The van der Waals surface area contributed by atoms with Gasteiger partial charge in [-0.3, -0.25) is 13.9 Å². The highest BCUT2D eigenvalue weighted by molar-refractivity contribution is 7.92. The van der Waals surface area contributed by atoms with E-state index in [1.165, 1.54) is 12.1 Å². The Morgan fingerprint density at radius 3 is 2.25 bits per heavy atom. The molecule has 0 unspecified atom stereocenters. The first kappa shape index (κ1) is 26.7. The van der Waals surface area contributed by atoms with Crippen molar-refractivity contribution >= 4 is 33.2 Å². The number of nitrogens with one attached hydrogen (secondary N) is 2. The number of nitrogens with zero attached hydrogens (tertiary/aromatic N) is 1. The molecule has 0 aliphatic rings. The van der Waals surface area contributed by atoms with Crippen molar-refractivity contribution in [3.8, 4) is 5.75 Å². The maximum atomic E-state index is 13.6. The fraction of sp³-hybridized carbons (Fsp3) is 0.259. The van der Waals surface area contributed by atoms with Gasteiger partial charge in [0, 0.05) is 6.04 Å². The lowest BCUT2D eigenvalue weighted by atomic mass is 10.1. The summed E-state index contributed by atoms with van der Waals surface area (Å²) in [6, 6.07) is 21.1. The SMILES string of the molecule is CCOc1ccccc1N(CC(=O)Nc1ccccc1C(=O)N[C@H](C)CC)S(=O)(=O)c1ccccc1. The van der Waals surface area contributed by atoms with Crippen molar-refractivity contribution in [2.75, 3.05) is 22.8 Å². The third kappa shape index (κ3) is 6.42. The summed E-state index contributed by atoms with van der Waals surface area (Å²) in [5, 5.41) is 5.59. The molecule has 36 heavy (non-hydrogen) atoms. The maximum absolute atomic E-state index is 13.6. The Morgan fingerprint density at radius 2 is 1.56 bits per heavy atom. The van der Waals surface area contributed by atoms with Crippen LogP contribution < -0.4 is 19.7 Å². The van der Waals surface area contributed by atoms with Crippen LogP contribution in [-0.4, -0.2) is 39.4 Å². The molecule has 0 heterocycles. The number of anilines is 2. The summed E-state index contributed by atoms with van der Waals surface area (Å²) in [5.41, 5.74) is 0.818. The van der Waals surface area contributed by atoms with E-state index in [9.17, 15) is 18.0 Å². The second-order valence-corrected chi connectivity index (χ2v) is 9.96. The first-order chi connectivity index (χ1) is 17.3. The second kappa shape index (κ2) is 12.2. The van der Waals surface area contributed by atoms with Gasteiger partial charge in [-0.1, -0.05) is 49.4 Å². The molecule has 2 N–H and O–H groups in total. The monoisotopic (exact) mass is 509 g/mol. The van der Waals surface area contributed by atoms with Crippen molar-refractivity contribution in [1.82, 2.24) is 5.32 Å². The van der Waals surface area contributed by atoms with Crippen LogP contribution in [0.3, 0.4) is 0 Å². The Morgan fingerprint density at radius 1 is 0.917 bits per heavy atom. The number of para-hydroxylation sites is 3. The van der Waals surface area contributed by atoms with Gasteiger partial charge in [0.25, 0.3) is 15.9 Å². The third-order valence-corrected chi connectivity index (χ3v) is 7.26. The molecular formula is C27H31N3O5S. The number of hydrogen-bond acceptors (Lipinski definition) is 5. The zero-order valence-electron chi connectivity index (χ0n) is 20.6. The minimum absolute atomic E-state index is 0.0390. The minimum atomic E-state index is -4.11. The Balaban J connectivity index is 1.95. The molecule has 0 bridgehead atoms. The molecule has 0 spiro atoms. The van der Waals surface area contributed by atoms with E-state index >= 15 is 0 Å². The lowest BCUT2D eigenvalue weighted by molar-refractivity contribution is -0.114. The molecule has 0 saturated carbocycles. The van der Waals surface area contributed by atoms with E-state index in [4.69, 9.17) is 4.74 Å². The minimum Gasteiger partial charge on any atom is -0.492 e. The van der Waals surface area contributed by atoms with Crippen molar-refractivity contribution < 1.29 is 22.7 Å². The summed E-state index contributed by atoms with van der Waals surface area (Å²) in [5.74, 6) is -0.596. The van der Waals surface area contributed by atoms with Crippen LogP contribution in [0.4, 0.5) is 11.4 Å². The predicted octanol–water partition coefficient (Wildman–Crippen LogP) is 4.45. The van der Waals surface area contributed by atoms with E-state index in [2.05, 4.69) is 10.6 Å². The number of sulfonamides is 1. The van der Waals surface area contributed by atoms with Gasteiger partial charge in [-0.25, -0.2) is 8.42 Å². The van der Waals surface area contributed by atoms with E-state index < -0.39 is 22.5 Å². The normalized spacial score (nSPS) is 11.9.